The number of carbonyl (C=O) groups is 3. The average Bonchev–Trinajstić information content (AvgIpc) is 3.03. The summed E-state index contributed by atoms with van der Waals surface area (Å²) < 4.78 is 138. The molecule has 0 amide bonds. The van der Waals surface area contributed by atoms with Crippen LogP contribution in [0.15, 0.2) is 65.5 Å². The van der Waals surface area contributed by atoms with Crippen LogP contribution in [-0.4, -0.2) is 68.2 Å². The van der Waals surface area contributed by atoms with Crippen LogP contribution in [0.5, 0.6) is 0 Å². The number of halogens is 9. The first-order valence-corrected chi connectivity index (χ1v) is 18.1. The molecule has 3 aromatic heterocycles. The van der Waals surface area contributed by atoms with Crippen molar-refractivity contribution in [2.75, 3.05) is 0 Å². The van der Waals surface area contributed by atoms with Crippen LogP contribution in [0.1, 0.15) is 98.3 Å². The van der Waals surface area contributed by atoms with Crippen molar-refractivity contribution < 1.29 is 68.1 Å². The maximum Gasteiger partial charge on any atom is 0.393 e. The highest BCUT2D eigenvalue weighted by Gasteiger charge is 2.36. The van der Waals surface area contributed by atoms with Crippen molar-refractivity contribution in [3.8, 4) is 22.8 Å². The van der Waals surface area contributed by atoms with Crippen LogP contribution in [0.3, 0.4) is 0 Å². The van der Waals surface area contributed by atoms with Gasteiger partial charge in [0, 0.05) is 29.1 Å². The second kappa shape index (κ2) is 18.4. The fourth-order valence-electron chi connectivity index (χ4n) is 5.08. The standard InChI is InChI=1S/C42H44F9N3O6/c1-37(2,3)58-34(55)27(21-40(43,44)45)14-24-10-12-52-30(17-24)32-19-26(16-29(23-42(49,50)51)36(57)60-39(7,8)9)20-33(54-32)31-18-25(11-13-53-31)15-28(22-41(46,47)48)35(56)59-38(4,5)6/h10-20H,21-23H2,1-9H3/b27-14+,28-15+,29-16+. The van der Waals surface area contributed by atoms with E-state index in [-0.39, 0.29) is 39.5 Å². The number of ether oxygens (including phenoxy) is 3. The van der Waals surface area contributed by atoms with E-state index in [2.05, 4.69) is 15.0 Å². The topological polar surface area (TPSA) is 118 Å². The van der Waals surface area contributed by atoms with Crippen LogP contribution in [-0.2, 0) is 28.6 Å². The summed E-state index contributed by atoms with van der Waals surface area (Å²) in [6.07, 6.45) is -14.4. The summed E-state index contributed by atoms with van der Waals surface area (Å²) in [6.45, 7) is 13.2. The van der Waals surface area contributed by atoms with E-state index in [1.165, 1.54) is 111 Å². The summed E-state index contributed by atoms with van der Waals surface area (Å²) >= 11 is 0. The van der Waals surface area contributed by atoms with Crippen LogP contribution in [0.2, 0.25) is 0 Å². The van der Waals surface area contributed by atoms with Gasteiger partial charge in [0.25, 0.3) is 0 Å². The lowest BCUT2D eigenvalue weighted by Crippen LogP contribution is -2.26. The molecule has 0 N–H and O–H groups in total. The molecule has 9 nitrogen and oxygen atoms in total. The third kappa shape index (κ3) is 17.7. The molecule has 3 aromatic rings. The molecular weight excluding hydrogens is 813 g/mol. The molecule has 0 atom stereocenters. The summed E-state index contributed by atoms with van der Waals surface area (Å²) in [4.78, 5) is 51.6. The van der Waals surface area contributed by atoms with E-state index in [0.29, 0.717) is 0 Å². The fourth-order valence-corrected chi connectivity index (χ4v) is 5.08. The zero-order valence-corrected chi connectivity index (χ0v) is 34.2. The largest absolute Gasteiger partial charge is 0.457 e. The molecule has 0 radical (unpaired) electrons. The first kappa shape index (κ1) is 48.8. The Morgan fingerprint density at radius 2 is 0.733 bits per heavy atom. The van der Waals surface area contributed by atoms with Crippen LogP contribution in [0, 0.1) is 0 Å². The molecule has 0 unspecified atom stereocenters. The second-order valence-electron chi connectivity index (χ2n) is 16.5. The molecule has 326 valence electrons. The molecule has 3 heterocycles. The molecule has 0 saturated heterocycles. The number of hydrogen-bond donors (Lipinski definition) is 0. The van der Waals surface area contributed by atoms with E-state index in [0.717, 1.165) is 18.2 Å². The molecule has 0 fully saturated rings. The molecule has 0 aromatic carbocycles. The number of alkyl halides is 9. The monoisotopic (exact) mass is 857 g/mol. The van der Waals surface area contributed by atoms with Crippen LogP contribution < -0.4 is 0 Å². The molecular formula is C42H44F9N3O6. The van der Waals surface area contributed by atoms with Crippen LogP contribution >= 0.6 is 0 Å². The van der Waals surface area contributed by atoms with Gasteiger partial charge in [0.1, 0.15) is 16.8 Å². The quantitative estimate of drug-likeness (QED) is 0.0804. The Labute approximate surface area is 340 Å². The Hall–Kier alpha value is -5.55. The van der Waals surface area contributed by atoms with Crippen molar-refractivity contribution >= 4 is 36.1 Å². The highest BCUT2D eigenvalue weighted by atomic mass is 19.4. The second-order valence-corrected chi connectivity index (χ2v) is 16.5. The number of aromatic nitrogens is 3. The first-order chi connectivity index (χ1) is 27.1. The summed E-state index contributed by atoms with van der Waals surface area (Å²) in [7, 11) is 0. The minimum Gasteiger partial charge on any atom is -0.457 e. The first-order valence-electron chi connectivity index (χ1n) is 18.1. The molecule has 0 saturated carbocycles. The highest BCUT2D eigenvalue weighted by Crippen LogP contribution is 2.33. The summed E-state index contributed by atoms with van der Waals surface area (Å²) in [6, 6.07) is 7.47. The van der Waals surface area contributed by atoms with Crippen LogP contribution in [0.25, 0.3) is 41.0 Å². The molecule has 18 heteroatoms. The molecule has 0 aliphatic heterocycles. The Bertz CT molecular complexity index is 2030. The van der Waals surface area contributed by atoms with Crippen LogP contribution in [0.4, 0.5) is 39.5 Å². The van der Waals surface area contributed by atoms with Gasteiger partial charge in [0.15, 0.2) is 0 Å². The average molecular weight is 858 g/mol. The SMILES string of the molecule is CC(C)(C)OC(=O)/C(=C/c1ccnc(-c2cc(/C=C(\CC(F)(F)F)C(=O)OC(C)(C)C)cc(-c3cc(/C=C(\CC(F)(F)F)C(=O)OC(C)(C)C)ccn3)n2)c1)CC(F)(F)F. The minimum absolute atomic E-state index is 0.0190. The normalized spacial score (nSPS) is 13.9. The van der Waals surface area contributed by atoms with E-state index in [4.69, 9.17) is 14.2 Å². The van der Waals surface area contributed by atoms with Gasteiger partial charge in [-0.1, -0.05) is 0 Å². The predicted octanol–water partition coefficient (Wildman–Crippen LogP) is 11.2. The lowest BCUT2D eigenvalue weighted by Gasteiger charge is -2.21. The number of nitrogens with zero attached hydrogens (tertiary/aromatic N) is 3. The number of esters is 3. The lowest BCUT2D eigenvalue weighted by molar-refractivity contribution is -0.156. The third-order valence-corrected chi connectivity index (χ3v) is 7.12. The van der Waals surface area contributed by atoms with Gasteiger partial charge in [-0.15, -0.1) is 0 Å². The van der Waals surface area contributed by atoms with Gasteiger partial charge in [-0.3, -0.25) is 9.97 Å². The van der Waals surface area contributed by atoms with E-state index >= 15 is 0 Å². The van der Waals surface area contributed by atoms with E-state index in [1.54, 1.807) is 0 Å². The number of carbonyl (C=O) groups excluding carboxylic acids is 3. The van der Waals surface area contributed by atoms with Crippen molar-refractivity contribution in [3.63, 3.8) is 0 Å². The zero-order valence-electron chi connectivity index (χ0n) is 34.2. The van der Waals surface area contributed by atoms with Crippen molar-refractivity contribution in [2.45, 2.75) is 117 Å². The Balaban J connectivity index is 2.34. The van der Waals surface area contributed by atoms with Crippen molar-refractivity contribution in [1.82, 2.24) is 15.0 Å². The summed E-state index contributed by atoms with van der Waals surface area (Å²) in [5.74, 6) is -3.78. The maximum atomic E-state index is 13.8. The van der Waals surface area contributed by atoms with Gasteiger partial charge in [0.2, 0.25) is 0 Å². The molecule has 0 spiro atoms. The maximum absolute atomic E-state index is 13.8. The Kier molecular flexibility index (Phi) is 15.0. The summed E-state index contributed by atoms with van der Waals surface area (Å²) in [5, 5.41) is 0. The van der Waals surface area contributed by atoms with E-state index < -0.39 is 89.2 Å². The molecule has 0 aliphatic rings. The van der Waals surface area contributed by atoms with Crippen molar-refractivity contribution in [2.24, 2.45) is 0 Å². The number of hydrogen-bond acceptors (Lipinski definition) is 9. The van der Waals surface area contributed by atoms with Gasteiger partial charge < -0.3 is 14.2 Å². The molecule has 60 heavy (non-hydrogen) atoms. The number of rotatable bonds is 11. The number of pyridine rings is 3. The van der Waals surface area contributed by atoms with Gasteiger partial charge in [-0.25, -0.2) is 19.4 Å². The lowest BCUT2D eigenvalue weighted by atomic mass is 10.0. The van der Waals surface area contributed by atoms with Gasteiger partial charge in [-0.05, 0) is 134 Å². The third-order valence-electron chi connectivity index (χ3n) is 7.12. The van der Waals surface area contributed by atoms with E-state index in [9.17, 15) is 53.9 Å². The molecule has 0 aliphatic carbocycles. The highest BCUT2D eigenvalue weighted by molar-refractivity contribution is 5.96. The van der Waals surface area contributed by atoms with Gasteiger partial charge in [-0.2, -0.15) is 39.5 Å². The predicted molar refractivity (Wildman–Crippen MR) is 204 cm³/mol. The van der Waals surface area contributed by atoms with E-state index in [1.807, 2.05) is 0 Å². The Morgan fingerprint density at radius 1 is 0.467 bits per heavy atom. The van der Waals surface area contributed by atoms with Gasteiger partial charge in [0.05, 0.1) is 42.0 Å². The van der Waals surface area contributed by atoms with Gasteiger partial charge >= 0.3 is 36.4 Å². The van der Waals surface area contributed by atoms with Crippen molar-refractivity contribution in [3.05, 3.63) is 82.2 Å². The summed E-state index contributed by atoms with van der Waals surface area (Å²) in [5.41, 5.74) is -6.22. The molecule has 0 bridgehead atoms. The fraction of sp³-hybridized carbons (Fsp3) is 0.429. The zero-order chi connectivity index (χ0) is 45.6. The minimum atomic E-state index is -4.88. The van der Waals surface area contributed by atoms with Crippen molar-refractivity contribution in [1.29, 1.82) is 0 Å². The Morgan fingerprint density at radius 3 is 1.00 bits per heavy atom. The smallest absolute Gasteiger partial charge is 0.393 e. The molecule has 3 rings (SSSR count).